The van der Waals surface area contributed by atoms with E-state index in [9.17, 15) is 0 Å². The first-order valence-corrected chi connectivity index (χ1v) is 4.36. The Kier molecular flexibility index (Phi) is 3.30. The molecule has 0 aromatic heterocycles. The zero-order valence-corrected chi connectivity index (χ0v) is 7.23. The van der Waals surface area contributed by atoms with E-state index in [1.807, 2.05) is 0 Å². The molecule has 1 aliphatic heterocycles. The van der Waals surface area contributed by atoms with Crippen LogP contribution in [0.2, 0.25) is 0 Å². The van der Waals surface area contributed by atoms with Crippen LogP contribution in [0.4, 0.5) is 0 Å². The monoisotopic (exact) mass is 158 g/mol. The zero-order valence-electron chi connectivity index (χ0n) is 7.23. The lowest BCUT2D eigenvalue weighted by molar-refractivity contribution is 0.0422. The maximum Gasteiger partial charge on any atom is 0.0484 e. The molecule has 3 heteroatoms. The van der Waals surface area contributed by atoms with Crippen LogP contribution in [0, 0.1) is 0 Å². The molecule has 1 saturated heterocycles. The molecule has 0 radical (unpaired) electrons. The average molecular weight is 158 g/mol. The van der Waals surface area contributed by atoms with Gasteiger partial charge >= 0.3 is 0 Å². The summed E-state index contributed by atoms with van der Waals surface area (Å²) < 4.78 is 5.28. The molecule has 0 saturated carbocycles. The standard InChI is InChI=1S/C8H18N2O/c1-2-10-8(7-9)3-5-11-6-4-8/h10H,2-7,9H2,1H3. The SMILES string of the molecule is CCNC1(CN)CCOCC1. The van der Waals surface area contributed by atoms with E-state index in [0.29, 0.717) is 0 Å². The number of rotatable bonds is 3. The second-order valence-corrected chi connectivity index (χ2v) is 3.13. The van der Waals surface area contributed by atoms with Crippen molar-refractivity contribution in [3.63, 3.8) is 0 Å². The van der Waals surface area contributed by atoms with Gasteiger partial charge < -0.3 is 15.8 Å². The molecule has 66 valence electrons. The summed E-state index contributed by atoms with van der Waals surface area (Å²) in [5.74, 6) is 0. The smallest absolute Gasteiger partial charge is 0.0484 e. The Labute approximate surface area is 68.3 Å². The van der Waals surface area contributed by atoms with Gasteiger partial charge in [-0.1, -0.05) is 6.92 Å². The van der Waals surface area contributed by atoms with Gasteiger partial charge in [0, 0.05) is 25.3 Å². The lowest BCUT2D eigenvalue weighted by Gasteiger charge is -2.36. The Hall–Kier alpha value is -0.120. The Balaban J connectivity index is 2.42. The van der Waals surface area contributed by atoms with E-state index >= 15 is 0 Å². The Morgan fingerprint density at radius 1 is 1.45 bits per heavy atom. The quantitative estimate of drug-likeness (QED) is 0.612. The van der Waals surface area contributed by atoms with Crippen LogP contribution in [0.3, 0.4) is 0 Å². The minimum Gasteiger partial charge on any atom is -0.381 e. The van der Waals surface area contributed by atoms with Crippen LogP contribution in [0.15, 0.2) is 0 Å². The van der Waals surface area contributed by atoms with Crippen molar-refractivity contribution >= 4 is 0 Å². The molecular formula is C8H18N2O. The third-order valence-electron chi connectivity index (χ3n) is 2.39. The molecule has 1 heterocycles. The second kappa shape index (κ2) is 4.04. The molecule has 0 aromatic carbocycles. The van der Waals surface area contributed by atoms with Crippen molar-refractivity contribution in [2.45, 2.75) is 25.3 Å². The summed E-state index contributed by atoms with van der Waals surface area (Å²) in [6.45, 7) is 5.54. The third-order valence-corrected chi connectivity index (χ3v) is 2.39. The molecule has 1 fully saturated rings. The van der Waals surface area contributed by atoms with E-state index in [-0.39, 0.29) is 5.54 Å². The van der Waals surface area contributed by atoms with Crippen molar-refractivity contribution < 1.29 is 4.74 Å². The molecule has 1 aliphatic rings. The first-order valence-electron chi connectivity index (χ1n) is 4.36. The number of ether oxygens (including phenoxy) is 1. The largest absolute Gasteiger partial charge is 0.381 e. The van der Waals surface area contributed by atoms with Gasteiger partial charge in [0.05, 0.1) is 0 Å². The van der Waals surface area contributed by atoms with Crippen molar-refractivity contribution in [1.82, 2.24) is 5.32 Å². The van der Waals surface area contributed by atoms with Crippen LogP contribution in [0.25, 0.3) is 0 Å². The van der Waals surface area contributed by atoms with Crippen molar-refractivity contribution in [3.05, 3.63) is 0 Å². The summed E-state index contributed by atoms with van der Waals surface area (Å²) in [5.41, 5.74) is 5.88. The molecule has 0 atom stereocenters. The summed E-state index contributed by atoms with van der Waals surface area (Å²) in [5, 5.41) is 3.44. The summed E-state index contributed by atoms with van der Waals surface area (Å²) in [4.78, 5) is 0. The van der Waals surface area contributed by atoms with Gasteiger partial charge in [0.2, 0.25) is 0 Å². The summed E-state index contributed by atoms with van der Waals surface area (Å²) in [6, 6.07) is 0. The van der Waals surface area contributed by atoms with Gasteiger partial charge in [-0.15, -0.1) is 0 Å². The minimum atomic E-state index is 0.174. The second-order valence-electron chi connectivity index (χ2n) is 3.13. The van der Waals surface area contributed by atoms with E-state index < -0.39 is 0 Å². The third kappa shape index (κ3) is 2.15. The van der Waals surface area contributed by atoms with Crippen LogP contribution in [0.5, 0.6) is 0 Å². The minimum absolute atomic E-state index is 0.174. The predicted octanol–water partition coefficient (Wildman–Crippen LogP) is 0.104. The molecule has 3 N–H and O–H groups in total. The number of nitrogens with two attached hydrogens (primary N) is 1. The molecule has 11 heavy (non-hydrogen) atoms. The molecule has 0 amide bonds. The number of likely N-dealkylation sites (N-methyl/N-ethyl adjacent to an activating group) is 1. The highest BCUT2D eigenvalue weighted by atomic mass is 16.5. The number of hydrogen-bond acceptors (Lipinski definition) is 3. The first-order chi connectivity index (χ1) is 5.33. The molecule has 0 aliphatic carbocycles. The number of nitrogens with one attached hydrogen (secondary N) is 1. The Morgan fingerprint density at radius 2 is 2.09 bits per heavy atom. The van der Waals surface area contributed by atoms with Crippen LogP contribution >= 0.6 is 0 Å². The molecule has 3 nitrogen and oxygen atoms in total. The highest BCUT2D eigenvalue weighted by Crippen LogP contribution is 2.18. The van der Waals surface area contributed by atoms with Gasteiger partial charge in [-0.3, -0.25) is 0 Å². The zero-order chi connectivity index (χ0) is 8.16. The highest BCUT2D eigenvalue weighted by molar-refractivity contribution is 4.90. The molecular weight excluding hydrogens is 140 g/mol. The van der Waals surface area contributed by atoms with E-state index in [1.165, 1.54) is 0 Å². The first kappa shape index (κ1) is 8.97. The van der Waals surface area contributed by atoms with Gasteiger partial charge in [0.15, 0.2) is 0 Å². The lowest BCUT2D eigenvalue weighted by atomic mass is 9.90. The summed E-state index contributed by atoms with van der Waals surface area (Å²) >= 11 is 0. The van der Waals surface area contributed by atoms with Crippen LogP contribution in [0.1, 0.15) is 19.8 Å². The van der Waals surface area contributed by atoms with Crippen molar-refractivity contribution in [3.8, 4) is 0 Å². The lowest BCUT2D eigenvalue weighted by Crippen LogP contribution is -2.54. The Morgan fingerprint density at radius 3 is 2.55 bits per heavy atom. The normalized spacial score (nSPS) is 23.5. The van der Waals surface area contributed by atoms with Gasteiger partial charge in [0.25, 0.3) is 0 Å². The average Bonchev–Trinajstić information content (AvgIpc) is 2.07. The fourth-order valence-corrected chi connectivity index (χ4v) is 1.59. The van der Waals surface area contributed by atoms with Gasteiger partial charge in [-0.25, -0.2) is 0 Å². The number of hydrogen-bond donors (Lipinski definition) is 2. The van der Waals surface area contributed by atoms with E-state index in [0.717, 1.165) is 39.1 Å². The van der Waals surface area contributed by atoms with Crippen LogP contribution < -0.4 is 11.1 Å². The van der Waals surface area contributed by atoms with Crippen molar-refractivity contribution in [2.75, 3.05) is 26.3 Å². The molecule has 0 aromatic rings. The van der Waals surface area contributed by atoms with Gasteiger partial charge in [-0.05, 0) is 19.4 Å². The maximum atomic E-state index is 5.71. The van der Waals surface area contributed by atoms with Crippen LogP contribution in [-0.2, 0) is 4.74 Å². The van der Waals surface area contributed by atoms with Crippen molar-refractivity contribution in [2.24, 2.45) is 5.73 Å². The maximum absolute atomic E-state index is 5.71. The fraction of sp³-hybridized carbons (Fsp3) is 1.00. The molecule has 0 bridgehead atoms. The van der Waals surface area contributed by atoms with Crippen LogP contribution in [-0.4, -0.2) is 31.8 Å². The predicted molar refractivity (Wildman–Crippen MR) is 45.5 cm³/mol. The Bertz CT molecular complexity index is 105. The summed E-state index contributed by atoms with van der Waals surface area (Å²) in [7, 11) is 0. The molecule has 0 spiro atoms. The van der Waals surface area contributed by atoms with E-state index in [1.54, 1.807) is 0 Å². The molecule has 1 rings (SSSR count). The van der Waals surface area contributed by atoms with E-state index in [2.05, 4.69) is 12.2 Å². The fourth-order valence-electron chi connectivity index (χ4n) is 1.59. The topological polar surface area (TPSA) is 47.3 Å². The van der Waals surface area contributed by atoms with Gasteiger partial charge in [0.1, 0.15) is 0 Å². The van der Waals surface area contributed by atoms with Gasteiger partial charge in [-0.2, -0.15) is 0 Å². The van der Waals surface area contributed by atoms with E-state index in [4.69, 9.17) is 10.5 Å². The summed E-state index contributed by atoms with van der Waals surface area (Å²) in [6.07, 6.45) is 2.11. The van der Waals surface area contributed by atoms with Crippen molar-refractivity contribution in [1.29, 1.82) is 0 Å². The highest BCUT2D eigenvalue weighted by Gasteiger charge is 2.29. The molecule has 0 unspecified atom stereocenters.